The van der Waals surface area contributed by atoms with Crippen molar-refractivity contribution in [3.63, 3.8) is 0 Å². The number of halogens is 2. The summed E-state index contributed by atoms with van der Waals surface area (Å²) < 4.78 is 1.16. The van der Waals surface area contributed by atoms with Crippen LogP contribution in [0.1, 0.15) is 37.7 Å². The monoisotopic (exact) mass is 315 g/mol. The number of benzene rings is 1. The minimum atomic E-state index is 0.575. The van der Waals surface area contributed by atoms with Gasteiger partial charge in [0.05, 0.1) is 5.69 Å². The van der Waals surface area contributed by atoms with Gasteiger partial charge in [0.15, 0.2) is 0 Å². The van der Waals surface area contributed by atoms with Crippen LogP contribution in [0.5, 0.6) is 0 Å². The Labute approximate surface area is 117 Å². The Morgan fingerprint density at radius 3 is 2.59 bits per heavy atom. The van der Waals surface area contributed by atoms with E-state index >= 15 is 0 Å². The predicted molar refractivity (Wildman–Crippen MR) is 79.0 cm³/mol. The van der Waals surface area contributed by atoms with Crippen LogP contribution in [0.15, 0.2) is 22.7 Å². The molecule has 0 unspecified atom stereocenters. The van der Waals surface area contributed by atoms with Crippen molar-refractivity contribution >= 4 is 33.2 Å². The van der Waals surface area contributed by atoms with E-state index in [1.807, 2.05) is 0 Å². The van der Waals surface area contributed by atoms with E-state index in [0.29, 0.717) is 11.9 Å². The molecule has 0 bridgehead atoms. The topological polar surface area (TPSA) is 3.24 Å². The molecule has 0 saturated heterocycles. The molecule has 1 saturated carbocycles. The normalized spacial score (nSPS) is 17.1. The van der Waals surface area contributed by atoms with Gasteiger partial charge in [-0.3, -0.25) is 0 Å². The highest BCUT2D eigenvalue weighted by Crippen LogP contribution is 2.32. The molecule has 0 atom stereocenters. The molecule has 1 aromatic carbocycles. The largest absolute Gasteiger partial charge is 0.371 e. The van der Waals surface area contributed by atoms with Gasteiger partial charge < -0.3 is 4.90 Å². The predicted octanol–water partition coefficient (Wildman–Crippen LogP) is 4.96. The second-order valence-corrected chi connectivity index (χ2v) is 5.94. The summed E-state index contributed by atoms with van der Waals surface area (Å²) in [5.41, 5.74) is 2.45. The number of alkyl halides is 1. The van der Waals surface area contributed by atoms with Crippen molar-refractivity contribution in [1.82, 2.24) is 0 Å². The standard InChI is InChI=1S/C14H19BrClN/c1-17(12-5-3-2-4-6-12)14-8-7-11(10-16)9-13(14)15/h7-9,12H,2-6,10H2,1H3. The molecule has 0 amide bonds. The van der Waals surface area contributed by atoms with E-state index < -0.39 is 0 Å². The Bertz CT molecular complexity index is 374. The van der Waals surface area contributed by atoms with Crippen LogP contribution in [0.25, 0.3) is 0 Å². The van der Waals surface area contributed by atoms with E-state index in [-0.39, 0.29) is 0 Å². The maximum absolute atomic E-state index is 5.85. The van der Waals surface area contributed by atoms with Crippen molar-refractivity contribution in [1.29, 1.82) is 0 Å². The SMILES string of the molecule is CN(c1ccc(CCl)cc1Br)C1CCCCC1. The first kappa shape index (κ1) is 13.2. The molecule has 1 nitrogen and oxygen atoms in total. The van der Waals surface area contributed by atoms with Gasteiger partial charge in [0, 0.05) is 23.4 Å². The Morgan fingerprint density at radius 1 is 1.29 bits per heavy atom. The van der Waals surface area contributed by atoms with E-state index in [1.54, 1.807) is 0 Å². The zero-order valence-electron chi connectivity index (χ0n) is 10.3. The van der Waals surface area contributed by atoms with Gasteiger partial charge in [-0.1, -0.05) is 25.3 Å². The Kier molecular flexibility index (Phi) is 4.75. The summed E-state index contributed by atoms with van der Waals surface area (Å²) in [4.78, 5) is 2.42. The van der Waals surface area contributed by atoms with Gasteiger partial charge in [0.25, 0.3) is 0 Å². The number of hydrogen-bond acceptors (Lipinski definition) is 1. The lowest BCUT2D eigenvalue weighted by atomic mass is 9.94. The Balaban J connectivity index is 2.15. The highest BCUT2D eigenvalue weighted by molar-refractivity contribution is 9.10. The molecule has 1 aromatic rings. The van der Waals surface area contributed by atoms with Crippen LogP contribution in [0, 0.1) is 0 Å². The van der Waals surface area contributed by atoms with E-state index in [4.69, 9.17) is 11.6 Å². The number of rotatable bonds is 3. The van der Waals surface area contributed by atoms with Crippen LogP contribution < -0.4 is 4.90 Å². The van der Waals surface area contributed by atoms with Crippen molar-refractivity contribution in [2.75, 3.05) is 11.9 Å². The van der Waals surface area contributed by atoms with Gasteiger partial charge in [-0.25, -0.2) is 0 Å². The fourth-order valence-electron chi connectivity index (χ4n) is 2.58. The molecule has 3 heteroatoms. The third-order valence-corrected chi connectivity index (χ3v) is 4.61. The van der Waals surface area contributed by atoms with Gasteiger partial charge in [0.2, 0.25) is 0 Å². The maximum atomic E-state index is 5.85. The molecule has 2 rings (SSSR count). The summed E-state index contributed by atoms with van der Waals surface area (Å²) in [6.45, 7) is 0. The fourth-order valence-corrected chi connectivity index (χ4v) is 3.46. The Morgan fingerprint density at radius 2 is 2.00 bits per heavy atom. The zero-order chi connectivity index (χ0) is 12.3. The van der Waals surface area contributed by atoms with Crippen LogP contribution in [0.4, 0.5) is 5.69 Å². The first-order valence-electron chi connectivity index (χ1n) is 6.29. The lowest BCUT2D eigenvalue weighted by Crippen LogP contribution is -2.33. The minimum Gasteiger partial charge on any atom is -0.371 e. The Hall–Kier alpha value is -0.210. The van der Waals surface area contributed by atoms with Gasteiger partial charge >= 0.3 is 0 Å². The third-order valence-electron chi connectivity index (χ3n) is 3.67. The smallest absolute Gasteiger partial charge is 0.0510 e. The number of anilines is 1. The fraction of sp³-hybridized carbons (Fsp3) is 0.571. The average Bonchev–Trinajstić information content (AvgIpc) is 2.39. The molecular formula is C14H19BrClN. The summed E-state index contributed by atoms with van der Waals surface area (Å²) in [5, 5.41) is 0. The van der Waals surface area contributed by atoms with Crippen molar-refractivity contribution in [3.8, 4) is 0 Å². The highest BCUT2D eigenvalue weighted by Gasteiger charge is 2.19. The molecule has 0 N–H and O–H groups in total. The summed E-state index contributed by atoms with van der Waals surface area (Å²) in [5.74, 6) is 0.575. The number of nitrogens with zero attached hydrogens (tertiary/aromatic N) is 1. The van der Waals surface area contributed by atoms with Crippen molar-refractivity contribution in [3.05, 3.63) is 28.2 Å². The first-order valence-corrected chi connectivity index (χ1v) is 7.62. The summed E-state index contributed by atoms with van der Waals surface area (Å²) in [6.07, 6.45) is 6.77. The highest BCUT2D eigenvalue weighted by atomic mass is 79.9. The van der Waals surface area contributed by atoms with E-state index in [9.17, 15) is 0 Å². The first-order chi connectivity index (χ1) is 8.22. The molecule has 1 aliphatic carbocycles. The van der Waals surface area contributed by atoms with Gasteiger partial charge in [0.1, 0.15) is 0 Å². The second kappa shape index (κ2) is 6.10. The molecule has 17 heavy (non-hydrogen) atoms. The quantitative estimate of drug-likeness (QED) is 0.713. The van der Waals surface area contributed by atoms with Crippen molar-refractivity contribution in [2.45, 2.75) is 44.0 Å². The van der Waals surface area contributed by atoms with E-state index in [2.05, 4.69) is 46.1 Å². The van der Waals surface area contributed by atoms with Crippen LogP contribution in [0.3, 0.4) is 0 Å². The summed E-state index contributed by atoms with van der Waals surface area (Å²) in [7, 11) is 2.20. The third kappa shape index (κ3) is 3.17. The van der Waals surface area contributed by atoms with E-state index in [1.165, 1.54) is 43.4 Å². The summed E-state index contributed by atoms with van der Waals surface area (Å²) in [6, 6.07) is 7.12. The molecule has 0 aromatic heterocycles. The second-order valence-electron chi connectivity index (χ2n) is 4.82. The van der Waals surface area contributed by atoms with Crippen LogP contribution in [-0.2, 0) is 5.88 Å². The molecule has 94 valence electrons. The average molecular weight is 317 g/mol. The molecule has 0 spiro atoms. The lowest BCUT2D eigenvalue weighted by Gasteiger charge is -2.33. The maximum Gasteiger partial charge on any atom is 0.0510 e. The van der Waals surface area contributed by atoms with Crippen molar-refractivity contribution in [2.24, 2.45) is 0 Å². The minimum absolute atomic E-state index is 0.575. The lowest BCUT2D eigenvalue weighted by molar-refractivity contribution is 0.427. The zero-order valence-corrected chi connectivity index (χ0v) is 12.6. The molecular weight excluding hydrogens is 298 g/mol. The summed E-state index contributed by atoms with van der Waals surface area (Å²) >= 11 is 9.50. The van der Waals surface area contributed by atoms with Crippen LogP contribution in [-0.4, -0.2) is 13.1 Å². The molecule has 0 heterocycles. The van der Waals surface area contributed by atoms with Crippen molar-refractivity contribution < 1.29 is 0 Å². The van der Waals surface area contributed by atoms with Gasteiger partial charge in [-0.05, 0) is 46.5 Å². The molecule has 1 fully saturated rings. The van der Waals surface area contributed by atoms with Crippen LogP contribution in [0.2, 0.25) is 0 Å². The van der Waals surface area contributed by atoms with Crippen LogP contribution >= 0.6 is 27.5 Å². The number of hydrogen-bond donors (Lipinski definition) is 0. The van der Waals surface area contributed by atoms with Gasteiger partial charge in [-0.15, -0.1) is 11.6 Å². The molecule has 0 radical (unpaired) electrons. The van der Waals surface area contributed by atoms with Gasteiger partial charge in [-0.2, -0.15) is 0 Å². The molecule has 0 aliphatic heterocycles. The van der Waals surface area contributed by atoms with E-state index in [0.717, 1.165) is 4.47 Å². The molecule has 1 aliphatic rings.